The quantitative estimate of drug-likeness (QED) is 0.752. The number of anilines is 2. The van der Waals surface area contributed by atoms with Crippen LogP contribution in [0.25, 0.3) is 0 Å². The second-order valence-electron chi connectivity index (χ2n) is 3.89. The Kier molecular flexibility index (Phi) is 3.56. The molecule has 2 aromatic heterocycles. The molecule has 0 fully saturated rings. The fourth-order valence-electron chi connectivity index (χ4n) is 1.51. The maximum absolute atomic E-state index is 10.8. The molecule has 0 saturated heterocycles. The van der Waals surface area contributed by atoms with Crippen LogP contribution in [0.15, 0.2) is 24.4 Å². The van der Waals surface area contributed by atoms with Crippen LogP contribution in [0.3, 0.4) is 0 Å². The number of nitrogens with zero attached hydrogens (tertiary/aromatic N) is 3. The second-order valence-corrected chi connectivity index (χ2v) is 3.89. The predicted octanol–water partition coefficient (Wildman–Crippen LogP) is 1.07. The van der Waals surface area contributed by atoms with E-state index in [-0.39, 0.29) is 5.69 Å². The minimum Gasteiger partial charge on any atom is -0.477 e. The van der Waals surface area contributed by atoms with Crippen LogP contribution in [-0.4, -0.2) is 26.0 Å². The molecule has 98 valence electrons. The maximum atomic E-state index is 10.8. The number of aromatic nitrogens is 3. The molecule has 0 radical (unpaired) electrons. The molecule has 0 aromatic carbocycles. The van der Waals surface area contributed by atoms with Gasteiger partial charge in [0.15, 0.2) is 11.5 Å². The van der Waals surface area contributed by atoms with E-state index >= 15 is 0 Å². The van der Waals surface area contributed by atoms with Crippen molar-refractivity contribution in [3.63, 3.8) is 0 Å². The molecule has 0 spiro atoms. The number of aromatic carboxylic acids is 1. The van der Waals surface area contributed by atoms with Gasteiger partial charge >= 0.3 is 5.97 Å². The normalized spacial score (nSPS) is 10.2. The third-order valence-corrected chi connectivity index (χ3v) is 2.42. The molecule has 0 amide bonds. The van der Waals surface area contributed by atoms with Gasteiger partial charge in [0, 0.05) is 6.20 Å². The molecule has 19 heavy (non-hydrogen) atoms. The highest BCUT2D eigenvalue weighted by molar-refractivity contribution is 5.86. The van der Waals surface area contributed by atoms with E-state index in [4.69, 9.17) is 10.8 Å². The summed E-state index contributed by atoms with van der Waals surface area (Å²) in [6.45, 7) is 2.19. The summed E-state index contributed by atoms with van der Waals surface area (Å²) in [7, 11) is 0. The molecule has 0 aliphatic rings. The van der Waals surface area contributed by atoms with Crippen molar-refractivity contribution in [2.75, 3.05) is 11.1 Å². The number of nitrogens with one attached hydrogen (secondary N) is 1. The van der Waals surface area contributed by atoms with E-state index in [1.54, 1.807) is 19.2 Å². The van der Waals surface area contributed by atoms with Gasteiger partial charge in [0.25, 0.3) is 0 Å². The lowest BCUT2D eigenvalue weighted by Gasteiger charge is -2.08. The van der Waals surface area contributed by atoms with E-state index in [1.165, 1.54) is 12.1 Å². The molecule has 2 heterocycles. The van der Waals surface area contributed by atoms with E-state index in [9.17, 15) is 4.79 Å². The topological polar surface area (TPSA) is 114 Å². The molecule has 0 unspecified atom stereocenters. The Morgan fingerprint density at radius 1 is 1.37 bits per heavy atom. The van der Waals surface area contributed by atoms with Crippen molar-refractivity contribution in [1.29, 1.82) is 0 Å². The molecule has 2 aromatic rings. The first-order valence-corrected chi connectivity index (χ1v) is 5.58. The van der Waals surface area contributed by atoms with Crippen LogP contribution in [0, 0.1) is 6.92 Å². The lowest BCUT2D eigenvalue weighted by atomic mass is 10.3. The summed E-state index contributed by atoms with van der Waals surface area (Å²) in [5, 5.41) is 11.8. The Hall–Kier alpha value is -2.70. The molecule has 0 aliphatic carbocycles. The van der Waals surface area contributed by atoms with Gasteiger partial charge in [-0.2, -0.15) is 0 Å². The summed E-state index contributed by atoms with van der Waals surface area (Å²) >= 11 is 0. The summed E-state index contributed by atoms with van der Waals surface area (Å²) in [6.07, 6.45) is 1.66. The van der Waals surface area contributed by atoms with Crippen LogP contribution in [0.1, 0.15) is 22.0 Å². The van der Waals surface area contributed by atoms with Crippen LogP contribution in [0.4, 0.5) is 11.5 Å². The lowest BCUT2D eigenvalue weighted by molar-refractivity contribution is 0.0690. The van der Waals surface area contributed by atoms with Gasteiger partial charge in [-0.1, -0.05) is 0 Å². The number of nitrogens with two attached hydrogens (primary N) is 1. The van der Waals surface area contributed by atoms with Crippen molar-refractivity contribution in [1.82, 2.24) is 15.0 Å². The number of nitrogen functional groups attached to an aromatic ring is 1. The van der Waals surface area contributed by atoms with E-state index in [2.05, 4.69) is 20.3 Å². The molecule has 0 atom stereocenters. The highest BCUT2D eigenvalue weighted by Crippen LogP contribution is 2.16. The van der Waals surface area contributed by atoms with Gasteiger partial charge in [0.2, 0.25) is 0 Å². The fourth-order valence-corrected chi connectivity index (χ4v) is 1.51. The van der Waals surface area contributed by atoms with Gasteiger partial charge in [0.1, 0.15) is 5.82 Å². The molecule has 0 bridgehead atoms. The third-order valence-electron chi connectivity index (χ3n) is 2.42. The van der Waals surface area contributed by atoms with Crippen LogP contribution in [0.5, 0.6) is 0 Å². The second kappa shape index (κ2) is 5.30. The zero-order valence-electron chi connectivity index (χ0n) is 10.3. The first-order chi connectivity index (χ1) is 9.06. The van der Waals surface area contributed by atoms with Gasteiger partial charge in [-0.15, -0.1) is 0 Å². The van der Waals surface area contributed by atoms with Crippen molar-refractivity contribution in [2.45, 2.75) is 13.5 Å². The van der Waals surface area contributed by atoms with Gasteiger partial charge in [-0.25, -0.2) is 19.7 Å². The Labute approximate surface area is 109 Å². The van der Waals surface area contributed by atoms with Crippen molar-refractivity contribution < 1.29 is 9.90 Å². The molecule has 2 rings (SSSR count). The number of hydrogen-bond acceptors (Lipinski definition) is 6. The highest BCUT2D eigenvalue weighted by Gasteiger charge is 2.08. The monoisotopic (exact) mass is 259 g/mol. The Bertz CT molecular complexity index is 615. The van der Waals surface area contributed by atoms with Gasteiger partial charge in [0.05, 0.1) is 17.9 Å². The SMILES string of the molecule is Cc1nccc(CNc2nc(C(=O)O)ccc2N)n1. The summed E-state index contributed by atoms with van der Waals surface area (Å²) in [5.74, 6) is -0.100. The van der Waals surface area contributed by atoms with E-state index in [0.717, 1.165) is 5.69 Å². The molecule has 0 saturated carbocycles. The highest BCUT2D eigenvalue weighted by atomic mass is 16.4. The zero-order valence-corrected chi connectivity index (χ0v) is 10.3. The Balaban J connectivity index is 2.15. The van der Waals surface area contributed by atoms with Crippen molar-refractivity contribution in [2.24, 2.45) is 0 Å². The van der Waals surface area contributed by atoms with Crippen molar-refractivity contribution in [3.05, 3.63) is 41.6 Å². The van der Waals surface area contributed by atoms with Crippen LogP contribution < -0.4 is 11.1 Å². The summed E-state index contributed by atoms with van der Waals surface area (Å²) in [4.78, 5) is 23.0. The number of aryl methyl sites for hydroxylation is 1. The molecular weight excluding hydrogens is 246 g/mol. The third kappa shape index (κ3) is 3.15. The number of pyridine rings is 1. The van der Waals surface area contributed by atoms with Crippen LogP contribution in [-0.2, 0) is 6.54 Å². The maximum Gasteiger partial charge on any atom is 0.354 e. The summed E-state index contributed by atoms with van der Waals surface area (Å²) in [6, 6.07) is 4.62. The van der Waals surface area contributed by atoms with Gasteiger partial charge in [-0.05, 0) is 25.1 Å². The smallest absolute Gasteiger partial charge is 0.354 e. The predicted molar refractivity (Wildman–Crippen MR) is 69.7 cm³/mol. The van der Waals surface area contributed by atoms with Gasteiger partial charge < -0.3 is 16.2 Å². The summed E-state index contributed by atoms with van der Waals surface area (Å²) in [5.41, 5.74) is 6.83. The van der Waals surface area contributed by atoms with Crippen molar-refractivity contribution in [3.8, 4) is 0 Å². The number of carboxylic acids is 1. The van der Waals surface area contributed by atoms with Crippen LogP contribution in [0.2, 0.25) is 0 Å². The molecule has 7 nitrogen and oxygen atoms in total. The van der Waals surface area contributed by atoms with E-state index in [0.29, 0.717) is 23.9 Å². The average molecular weight is 259 g/mol. The van der Waals surface area contributed by atoms with E-state index < -0.39 is 5.97 Å². The van der Waals surface area contributed by atoms with E-state index in [1.807, 2.05) is 0 Å². The van der Waals surface area contributed by atoms with Crippen molar-refractivity contribution >= 4 is 17.5 Å². The fraction of sp³-hybridized carbons (Fsp3) is 0.167. The Morgan fingerprint density at radius 2 is 2.16 bits per heavy atom. The summed E-state index contributed by atoms with van der Waals surface area (Å²) < 4.78 is 0. The number of rotatable bonds is 4. The average Bonchev–Trinajstić information content (AvgIpc) is 2.37. The van der Waals surface area contributed by atoms with Crippen LogP contribution >= 0.6 is 0 Å². The molecule has 7 heteroatoms. The molecular formula is C12H13N5O2. The zero-order chi connectivity index (χ0) is 13.8. The first-order valence-electron chi connectivity index (χ1n) is 5.58. The largest absolute Gasteiger partial charge is 0.477 e. The Morgan fingerprint density at radius 3 is 2.84 bits per heavy atom. The minimum absolute atomic E-state index is 0.0597. The number of carboxylic acid groups (broad SMARTS) is 1. The number of carbonyl (C=O) groups is 1. The minimum atomic E-state index is -1.10. The molecule has 0 aliphatic heterocycles. The first kappa shape index (κ1) is 12.7. The molecule has 4 N–H and O–H groups in total. The lowest BCUT2D eigenvalue weighted by Crippen LogP contribution is -2.09. The number of hydrogen-bond donors (Lipinski definition) is 3. The standard InChI is InChI=1S/C12H13N5O2/c1-7-14-5-4-8(16-7)6-15-11-9(13)2-3-10(17-11)12(18)19/h2-5H,6,13H2,1H3,(H,15,17)(H,18,19). The van der Waals surface area contributed by atoms with Gasteiger partial charge in [-0.3, -0.25) is 0 Å².